The summed E-state index contributed by atoms with van der Waals surface area (Å²) in [5.41, 5.74) is 2.17. The molecule has 0 saturated heterocycles. The lowest BCUT2D eigenvalue weighted by molar-refractivity contribution is -0.112. The number of nitriles is 1. The maximum Gasteiger partial charge on any atom is 0.267 e. The van der Waals surface area contributed by atoms with Crippen molar-refractivity contribution >= 4 is 17.4 Å². The van der Waals surface area contributed by atoms with Gasteiger partial charge in [0.25, 0.3) is 5.91 Å². The Hall–Kier alpha value is -3.59. The maximum atomic E-state index is 12.2. The van der Waals surface area contributed by atoms with Gasteiger partial charge in [-0.15, -0.1) is 0 Å². The number of ether oxygens (including phenoxy) is 1. The number of benzene rings is 2. The minimum atomic E-state index is -0.509. The lowest BCUT2D eigenvalue weighted by atomic mass is 10.1. The quantitative estimate of drug-likeness (QED) is 0.325. The van der Waals surface area contributed by atoms with Crippen molar-refractivity contribution in [2.24, 2.45) is 0 Å². The molecule has 0 bridgehead atoms. The predicted octanol–water partition coefficient (Wildman–Crippen LogP) is 3.08. The zero-order valence-corrected chi connectivity index (χ0v) is 15.3. The largest absolute Gasteiger partial charge is 0.497 e. The Kier molecular flexibility index (Phi) is 7.15. The molecule has 0 fully saturated rings. The van der Waals surface area contributed by atoms with Gasteiger partial charge in [0.15, 0.2) is 5.78 Å². The number of anilines is 1. The summed E-state index contributed by atoms with van der Waals surface area (Å²) in [6, 6.07) is 16.1. The summed E-state index contributed by atoms with van der Waals surface area (Å²) in [7, 11) is 1.62. The molecule has 138 valence electrons. The SMILES string of the molecule is COc1ccc(CCN/C=C(/C#N)C(=O)Nc2ccc(C(C)=O)cc2)cc1. The summed E-state index contributed by atoms with van der Waals surface area (Å²) < 4.78 is 5.11. The van der Waals surface area contributed by atoms with Gasteiger partial charge in [0.2, 0.25) is 0 Å². The van der Waals surface area contributed by atoms with Gasteiger partial charge in [0, 0.05) is 24.0 Å². The molecular formula is C21H21N3O3. The van der Waals surface area contributed by atoms with Crippen LogP contribution in [0.3, 0.4) is 0 Å². The molecule has 2 aromatic rings. The molecule has 2 rings (SSSR count). The molecule has 0 atom stereocenters. The van der Waals surface area contributed by atoms with Gasteiger partial charge in [-0.25, -0.2) is 0 Å². The van der Waals surface area contributed by atoms with Gasteiger partial charge in [-0.2, -0.15) is 5.26 Å². The highest BCUT2D eigenvalue weighted by Gasteiger charge is 2.09. The van der Waals surface area contributed by atoms with Crippen LogP contribution in [0.1, 0.15) is 22.8 Å². The molecule has 27 heavy (non-hydrogen) atoms. The second-order valence-electron chi connectivity index (χ2n) is 5.81. The number of hydrogen-bond donors (Lipinski definition) is 2. The highest BCUT2D eigenvalue weighted by atomic mass is 16.5. The molecule has 0 spiro atoms. The van der Waals surface area contributed by atoms with E-state index in [2.05, 4.69) is 10.6 Å². The summed E-state index contributed by atoms with van der Waals surface area (Å²) in [6.07, 6.45) is 2.15. The topological polar surface area (TPSA) is 91.2 Å². The number of Topliss-reactive ketones (excluding diaryl/α,β-unsaturated/α-hetero) is 1. The van der Waals surface area contributed by atoms with Crippen molar-refractivity contribution < 1.29 is 14.3 Å². The fraction of sp³-hybridized carbons (Fsp3) is 0.190. The number of carbonyl (C=O) groups excluding carboxylic acids is 2. The lowest BCUT2D eigenvalue weighted by Gasteiger charge is -2.06. The van der Waals surface area contributed by atoms with Crippen LogP contribution < -0.4 is 15.4 Å². The molecular weight excluding hydrogens is 342 g/mol. The standard InChI is InChI=1S/C21H21N3O3/c1-15(25)17-5-7-19(8-6-17)24-21(26)18(13-22)14-23-12-11-16-3-9-20(27-2)10-4-16/h3-10,14,23H,11-12H2,1-2H3,(H,24,26)/b18-14-. The average molecular weight is 363 g/mol. The van der Waals surface area contributed by atoms with Crippen molar-refractivity contribution in [3.05, 3.63) is 71.4 Å². The summed E-state index contributed by atoms with van der Waals surface area (Å²) in [5.74, 6) is 0.239. The number of hydrogen-bond acceptors (Lipinski definition) is 5. The molecule has 0 aliphatic carbocycles. The first kappa shape index (κ1) is 19.7. The van der Waals surface area contributed by atoms with Gasteiger partial charge in [-0.1, -0.05) is 12.1 Å². The number of ketones is 1. The zero-order chi connectivity index (χ0) is 19.6. The van der Waals surface area contributed by atoms with Gasteiger partial charge in [-0.3, -0.25) is 9.59 Å². The summed E-state index contributed by atoms with van der Waals surface area (Å²) in [6.45, 7) is 2.06. The van der Waals surface area contributed by atoms with Crippen molar-refractivity contribution in [3.8, 4) is 11.8 Å². The third-order valence-corrected chi connectivity index (χ3v) is 3.88. The van der Waals surface area contributed by atoms with Crippen LogP contribution >= 0.6 is 0 Å². The van der Waals surface area contributed by atoms with Crippen LogP contribution in [0, 0.1) is 11.3 Å². The molecule has 1 amide bonds. The number of nitrogens with zero attached hydrogens (tertiary/aromatic N) is 1. The Balaban J connectivity index is 1.87. The fourth-order valence-electron chi connectivity index (χ4n) is 2.32. The Bertz CT molecular complexity index is 863. The zero-order valence-electron chi connectivity index (χ0n) is 15.3. The molecule has 2 aromatic carbocycles. The molecule has 0 aliphatic rings. The van der Waals surface area contributed by atoms with E-state index in [0.717, 1.165) is 17.7 Å². The van der Waals surface area contributed by atoms with Crippen LogP contribution in [-0.2, 0) is 11.2 Å². The van der Waals surface area contributed by atoms with Crippen molar-refractivity contribution in [2.45, 2.75) is 13.3 Å². The average Bonchev–Trinajstić information content (AvgIpc) is 2.68. The molecule has 0 aromatic heterocycles. The molecule has 6 heteroatoms. The van der Waals surface area contributed by atoms with E-state index in [9.17, 15) is 14.9 Å². The first-order valence-electron chi connectivity index (χ1n) is 8.42. The Morgan fingerprint density at radius 3 is 2.33 bits per heavy atom. The molecule has 2 N–H and O–H groups in total. The van der Waals surface area contributed by atoms with E-state index in [1.165, 1.54) is 13.1 Å². The van der Waals surface area contributed by atoms with Crippen LogP contribution in [0.2, 0.25) is 0 Å². The number of carbonyl (C=O) groups is 2. The predicted molar refractivity (Wildman–Crippen MR) is 103 cm³/mol. The second kappa shape index (κ2) is 9.78. The lowest BCUT2D eigenvalue weighted by Crippen LogP contribution is -2.18. The van der Waals surface area contributed by atoms with Gasteiger partial charge in [0.1, 0.15) is 17.4 Å². The summed E-state index contributed by atoms with van der Waals surface area (Å²) in [5, 5.41) is 14.8. The maximum absolute atomic E-state index is 12.2. The van der Waals surface area contributed by atoms with Gasteiger partial charge in [0.05, 0.1) is 7.11 Å². The Labute approximate surface area is 158 Å². The van der Waals surface area contributed by atoms with E-state index in [-0.39, 0.29) is 11.4 Å². The minimum absolute atomic E-state index is 0.0274. The van der Waals surface area contributed by atoms with E-state index < -0.39 is 5.91 Å². The smallest absolute Gasteiger partial charge is 0.267 e. The van der Waals surface area contributed by atoms with E-state index in [4.69, 9.17) is 4.74 Å². The van der Waals surface area contributed by atoms with Crippen molar-refractivity contribution in [1.29, 1.82) is 5.26 Å². The summed E-state index contributed by atoms with van der Waals surface area (Å²) in [4.78, 5) is 23.4. The Morgan fingerprint density at radius 1 is 1.11 bits per heavy atom. The first-order valence-corrected chi connectivity index (χ1v) is 8.42. The first-order chi connectivity index (χ1) is 13.0. The molecule has 0 saturated carbocycles. The summed E-state index contributed by atoms with van der Waals surface area (Å²) >= 11 is 0. The van der Waals surface area contributed by atoms with Crippen LogP contribution in [0.5, 0.6) is 5.75 Å². The highest BCUT2D eigenvalue weighted by Crippen LogP contribution is 2.12. The Morgan fingerprint density at radius 2 is 1.78 bits per heavy atom. The van der Waals surface area contributed by atoms with Gasteiger partial charge in [-0.05, 0) is 55.3 Å². The molecule has 0 radical (unpaired) electrons. The van der Waals surface area contributed by atoms with Crippen LogP contribution in [0.15, 0.2) is 60.3 Å². The van der Waals surface area contributed by atoms with Gasteiger partial charge < -0.3 is 15.4 Å². The minimum Gasteiger partial charge on any atom is -0.497 e. The van der Waals surface area contributed by atoms with E-state index in [1.807, 2.05) is 30.3 Å². The normalized spacial score (nSPS) is 10.6. The third-order valence-electron chi connectivity index (χ3n) is 3.88. The van der Waals surface area contributed by atoms with E-state index in [0.29, 0.717) is 17.8 Å². The van der Waals surface area contributed by atoms with Crippen LogP contribution in [0.4, 0.5) is 5.69 Å². The molecule has 6 nitrogen and oxygen atoms in total. The number of amides is 1. The monoisotopic (exact) mass is 363 g/mol. The molecule has 0 heterocycles. The molecule has 0 unspecified atom stereocenters. The van der Waals surface area contributed by atoms with E-state index in [1.54, 1.807) is 31.4 Å². The van der Waals surface area contributed by atoms with Crippen molar-refractivity contribution in [1.82, 2.24) is 5.32 Å². The highest BCUT2D eigenvalue weighted by molar-refractivity contribution is 6.06. The molecule has 0 aliphatic heterocycles. The van der Waals surface area contributed by atoms with Crippen molar-refractivity contribution in [2.75, 3.05) is 19.0 Å². The second-order valence-corrected chi connectivity index (χ2v) is 5.81. The van der Waals surface area contributed by atoms with Crippen LogP contribution in [0.25, 0.3) is 0 Å². The third kappa shape index (κ3) is 6.01. The fourth-order valence-corrected chi connectivity index (χ4v) is 2.32. The van der Waals surface area contributed by atoms with Crippen LogP contribution in [-0.4, -0.2) is 25.3 Å². The number of methoxy groups -OCH3 is 1. The number of nitrogens with one attached hydrogen (secondary N) is 2. The van der Waals surface area contributed by atoms with Crippen molar-refractivity contribution in [3.63, 3.8) is 0 Å². The van der Waals surface area contributed by atoms with Gasteiger partial charge >= 0.3 is 0 Å². The number of rotatable bonds is 8. The van der Waals surface area contributed by atoms with E-state index >= 15 is 0 Å².